The van der Waals surface area contributed by atoms with Gasteiger partial charge in [-0.3, -0.25) is 4.79 Å². The van der Waals surface area contributed by atoms with Crippen molar-refractivity contribution < 1.29 is 18.0 Å². The molecule has 0 saturated carbocycles. The van der Waals surface area contributed by atoms with Crippen molar-refractivity contribution in [2.45, 2.75) is 0 Å². The Bertz CT molecular complexity index is 694. The molecule has 104 valence electrons. The average molecular weight is 302 g/mol. The third kappa shape index (κ3) is 2.83. The summed E-state index contributed by atoms with van der Waals surface area (Å²) in [6, 6.07) is 2.16. The second-order valence-electron chi connectivity index (χ2n) is 3.80. The molecule has 0 atom stereocenters. The van der Waals surface area contributed by atoms with Crippen molar-refractivity contribution in [3.8, 4) is 0 Å². The van der Waals surface area contributed by atoms with E-state index < -0.39 is 29.0 Å². The number of rotatable bonds is 2. The summed E-state index contributed by atoms with van der Waals surface area (Å²) in [5.41, 5.74) is 4.78. The molecule has 3 N–H and O–H groups in total. The van der Waals surface area contributed by atoms with E-state index in [1.807, 2.05) is 5.32 Å². The van der Waals surface area contributed by atoms with Gasteiger partial charge in [0.2, 0.25) is 0 Å². The number of hydrogen-bond acceptors (Lipinski definition) is 3. The lowest BCUT2D eigenvalue weighted by Crippen LogP contribution is -2.16. The van der Waals surface area contributed by atoms with Crippen LogP contribution in [0.1, 0.15) is 10.4 Å². The van der Waals surface area contributed by atoms with Crippen molar-refractivity contribution in [3.63, 3.8) is 0 Å². The van der Waals surface area contributed by atoms with Gasteiger partial charge < -0.3 is 11.1 Å². The number of aromatic nitrogens is 1. The second kappa shape index (κ2) is 5.38. The van der Waals surface area contributed by atoms with Crippen LogP contribution < -0.4 is 11.1 Å². The minimum absolute atomic E-state index is 0.00440. The van der Waals surface area contributed by atoms with E-state index in [1.165, 1.54) is 0 Å². The van der Waals surface area contributed by atoms with Gasteiger partial charge in [0.25, 0.3) is 5.91 Å². The number of nitrogens with zero attached hydrogens (tertiary/aromatic N) is 1. The fourth-order valence-electron chi connectivity index (χ4n) is 1.47. The standard InChI is InChI=1S/C12H7ClF3N3O/c13-10-3-6(8(17)4-18-10)12(20)19-9-2-5(14)1-7(15)11(9)16/h1-4H,17H2,(H,19,20). The molecule has 2 rings (SSSR count). The number of hydrogen-bond donors (Lipinski definition) is 2. The van der Waals surface area contributed by atoms with Gasteiger partial charge in [-0.15, -0.1) is 0 Å². The van der Waals surface area contributed by atoms with Gasteiger partial charge in [-0.05, 0) is 6.07 Å². The molecule has 1 aromatic heterocycles. The molecule has 0 radical (unpaired) electrons. The zero-order valence-corrected chi connectivity index (χ0v) is 10.5. The van der Waals surface area contributed by atoms with Gasteiger partial charge in [0.05, 0.1) is 23.1 Å². The van der Waals surface area contributed by atoms with Gasteiger partial charge in [0, 0.05) is 12.1 Å². The molecule has 0 unspecified atom stereocenters. The quantitative estimate of drug-likeness (QED) is 0.662. The van der Waals surface area contributed by atoms with Crippen LogP contribution in [0.25, 0.3) is 0 Å². The third-order valence-corrected chi connectivity index (χ3v) is 2.59. The molecular formula is C12H7ClF3N3O. The van der Waals surface area contributed by atoms with E-state index in [0.29, 0.717) is 12.1 Å². The molecule has 0 saturated heterocycles. The lowest BCUT2D eigenvalue weighted by molar-refractivity contribution is 0.102. The lowest BCUT2D eigenvalue weighted by Gasteiger charge is -2.09. The number of carbonyl (C=O) groups is 1. The Morgan fingerprint density at radius 3 is 2.65 bits per heavy atom. The Morgan fingerprint density at radius 2 is 1.95 bits per heavy atom. The summed E-state index contributed by atoms with van der Waals surface area (Å²) in [4.78, 5) is 15.5. The molecule has 0 aliphatic carbocycles. The predicted octanol–water partition coefficient (Wildman–Crippen LogP) is 2.99. The summed E-state index contributed by atoms with van der Waals surface area (Å²) in [6.45, 7) is 0. The summed E-state index contributed by atoms with van der Waals surface area (Å²) in [5.74, 6) is -4.69. The fourth-order valence-corrected chi connectivity index (χ4v) is 1.63. The number of nitrogens with one attached hydrogen (secondary N) is 1. The lowest BCUT2D eigenvalue weighted by atomic mass is 10.2. The van der Waals surface area contributed by atoms with Crippen LogP contribution in [0.3, 0.4) is 0 Å². The van der Waals surface area contributed by atoms with Gasteiger partial charge >= 0.3 is 0 Å². The number of benzene rings is 1. The van der Waals surface area contributed by atoms with Crippen LogP contribution >= 0.6 is 11.6 Å². The highest BCUT2D eigenvalue weighted by Crippen LogP contribution is 2.21. The largest absolute Gasteiger partial charge is 0.397 e. The van der Waals surface area contributed by atoms with E-state index in [0.717, 1.165) is 12.3 Å². The number of carbonyl (C=O) groups excluding carboxylic acids is 1. The van der Waals surface area contributed by atoms with Crippen molar-refractivity contribution in [3.05, 3.63) is 52.6 Å². The van der Waals surface area contributed by atoms with Crippen molar-refractivity contribution in [1.29, 1.82) is 0 Å². The summed E-state index contributed by atoms with van der Waals surface area (Å²) in [5, 5.41) is 2.01. The van der Waals surface area contributed by atoms with Crippen LogP contribution in [0.4, 0.5) is 24.5 Å². The molecule has 0 fully saturated rings. The summed E-state index contributed by atoms with van der Waals surface area (Å²) in [6.07, 6.45) is 1.14. The first-order valence-corrected chi connectivity index (χ1v) is 5.63. The minimum Gasteiger partial charge on any atom is -0.397 e. The van der Waals surface area contributed by atoms with Crippen LogP contribution in [-0.2, 0) is 0 Å². The Hall–Kier alpha value is -2.28. The second-order valence-corrected chi connectivity index (χ2v) is 4.18. The maximum absolute atomic E-state index is 13.4. The van der Waals surface area contributed by atoms with Crippen LogP contribution in [-0.4, -0.2) is 10.9 Å². The molecule has 0 spiro atoms. The predicted molar refractivity (Wildman–Crippen MR) is 67.9 cm³/mol. The van der Waals surface area contributed by atoms with Gasteiger partial charge in [-0.2, -0.15) is 0 Å². The fraction of sp³-hybridized carbons (Fsp3) is 0. The molecule has 0 aliphatic rings. The van der Waals surface area contributed by atoms with E-state index in [9.17, 15) is 18.0 Å². The van der Waals surface area contributed by atoms with Crippen molar-refractivity contribution >= 4 is 28.9 Å². The molecule has 1 aromatic carbocycles. The minimum atomic E-state index is -1.42. The number of nitrogen functional groups attached to an aromatic ring is 1. The molecule has 0 bridgehead atoms. The number of anilines is 2. The van der Waals surface area contributed by atoms with Crippen LogP contribution in [0.15, 0.2) is 24.4 Å². The highest BCUT2D eigenvalue weighted by molar-refractivity contribution is 6.30. The van der Waals surface area contributed by atoms with E-state index in [1.54, 1.807) is 0 Å². The van der Waals surface area contributed by atoms with Gasteiger partial charge in [0.15, 0.2) is 11.6 Å². The summed E-state index contributed by atoms with van der Waals surface area (Å²) >= 11 is 5.60. The van der Waals surface area contributed by atoms with E-state index in [2.05, 4.69) is 4.98 Å². The highest BCUT2D eigenvalue weighted by Gasteiger charge is 2.16. The smallest absolute Gasteiger partial charge is 0.258 e. The van der Waals surface area contributed by atoms with Crippen molar-refractivity contribution in [1.82, 2.24) is 4.98 Å². The zero-order chi connectivity index (χ0) is 14.9. The van der Waals surface area contributed by atoms with E-state index >= 15 is 0 Å². The SMILES string of the molecule is Nc1cnc(Cl)cc1C(=O)Nc1cc(F)cc(F)c1F. The molecule has 1 heterocycles. The topological polar surface area (TPSA) is 68.0 Å². The monoisotopic (exact) mass is 301 g/mol. The van der Waals surface area contributed by atoms with Gasteiger partial charge in [-0.1, -0.05) is 11.6 Å². The maximum atomic E-state index is 13.4. The van der Waals surface area contributed by atoms with E-state index in [-0.39, 0.29) is 16.4 Å². The molecule has 2 aromatic rings. The van der Waals surface area contributed by atoms with Crippen molar-refractivity contribution in [2.24, 2.45) is 0 Å². The molecule has 1 amide bonds. The van der Waals surface area contributed by atoms with Gasteiger partial charge in [-0.25, -0.2) is 18.2 Å². The Balaban J connectivity index is 2.35. The van der Waals surface area contributed by atoms with Crippen molar-refractivity contribution in [2.75, 3.05) is 11.1 Å². The zero-order valence-electron chi connectivity index (χ0n) is 9.75. The normalized spacial score (nSPS) is 10.4. The Morgan fingerprint density at radius 1 is 1.25 bits per heavy atom. The Labute approximate surface area is 116 Å². The van der Waals surface area contributed by atoms with Crippen LogP contribution in [0.2, 0.25) is 5.15 Å². The molecule has 0 aliphatic heterocycles. The average Bonchev–Trinajstić information content (AvgIpc) is 2.38. The number of amides is 1. The van der Waals surface area contributed by atoms with Gasteiger partial charge in [0.1, 0.15) is 11.0 Å². The summed E-state index contributed by atoms with van der Waals surface area (Å²) < 4.78 is 39.4. The van der Waals surface area contributed by atoms with E-state index in [4.69, 9.17) is 17.3 Å². The molecule has 8 heteroatoms. The van der Waals surface area contributed by atoms with Crippen LogP contribution in [0, 0.1) is 17.5 Å². The maximum Gasteiger partial charge on any atom is 0.258 e. The molecule has 20 heavy (non-hydrogen) atoms. The third-order valence-electron chi connectivity index (χ3n) is 2.39. The number of nitrogens with two attached hydrogens (primary N) is 1. The Kier molecular flexibility index (Phi) is 3.80. The highest BCUT2D eigenvalue weighted by atomic mass is 35.5. The summed E-state index contributed by atoms with van der Waals surface area (Å²) in [7, 11) is 0. The molecule has 4 nitrogen and oxygen atoms in total. The molecular weight excluding hydrogens is 295 g/mol. The van der Waals surface area contributed by atoms with Crippen LogP contribution in [0.5, 0.6) is 0 Å². The first-order valence-electron chi connectivity index (χ1n) is 5.25. The number of halogens is 4. The first-order chi connectivity index (χ1) is 9.38. The first kappa shape index (κ1) is 14.1. The number of pyridine rings is 1.